The van der Waals surface area contributed by atoms with Gasteiger partial charge in [0.2, 0.25) is 0 Å². The molecule has 0 saturated heterocycles. The van der Waals surface area contributed by atoms with Crippen molar-refractivity contribution in [1.29, 1.82) is 0 Å². The maximum absolute atomic E-state index is 10.7. The van der Waals surface area contributed by atoms with Crippen molar-refractivity contribution in [1.82, 2.24) is 9.78 Å². The molecule has 82 valence electrons. The van der Waals surface area contributed by atoms with E-state index in [1.165, 1.54) is 16.8 Å². The summed E-state index contributed by atoms with van der Waals surface area (Å²) in [5, 5.41) is 22.3. The van der Waals surface area contributed by atoms with Crippen LogP contribution in [0.3, 0.4) is 0 Å². The van der Waals surface area contributed by atoms with E-state index in [-0.39, 0.29) is 11.4 Å². The molecule has 0 amide bonds. The molecule has 0 atom stereocenters. The van der Waals surface area contributed by atoms with Crippen molar-refractivity contribution in [3.8, 4) is 11.4 Å². The molecule has 0 saturated carbocycles. The van der Waals surface area contributed by atoms with E-state index < -0.39 is 5.97 Å². The zero-order valence-electron chi connectivity index (χ0n) is 8.58. The average molecular weight is 218 g/mol. The lowest BCUT2D eigenvalue weighted by atomic mass is 10.3. The minimum absolute atomic E-state index is 0.0410. The van der Waals surface area contributed by atoms with Gasteiger partial charge in [0.15, 0.2) is 5.69 Å². The van der Waals surface area contributed by atoms with Crippen LogP contribution in [-0.4, -0.2) is 26.0 Å². The molecule has 0 aliphatic carbocycles. The van der Waals surface area contributed by atoms with Crippen LogP contribution in [0.1, 0.15) is 16.2 Å². The van der Waals surface area contributed by atoms with E-state index in [2.05, 4.69) is 5.10 Å². The molecule has 2 rings (SSSR count). The van der Waals surface area contributed by atoms with Gasteiger partial charge in [-0.15, -0.1) is 0 Å². The van der Waals surface area contributed by atoms with E-state index in [9.17, 15) is 9.90 Å². The highest BCUT2D eigenvalue weighted by molar-refractivity contribution is 5.85. The Hall–Kier alpha value is -2.30. The van der Waals surface area contributed by atoms with Crippen molar-refractivity contribution in [3.63, 3.8) is 0 Å². The van der Waals surface area contributed by atoms with Gasteiger partial charge in [-0.2, -0.15) is 5.10 Å². The minimum atomic E-state index is -1.09. The topological polar surface area (TPSA) is 75.3 Å². The summed E-state index contributed by atoms with van der Waals surface area (Å²) in [5.74, 6) is -1.03. The van der Waals surface area contributed by atoms with Gasteiger partial charge in [0.05, 0.1) is 0 Å². The Labute approximate surface area is 91.6 Å². The second-order valence-electron chi connectivity index (χ2n) is 3.38. The van der Waals surface area contributed by atoms with E-state index in [0.717, 1.165) is 0 Å². The number of carbonyl (C=O) groups is 1. The van der Waals surface area contributed by atoms with Gasteiger partial charge < -0.3 is 10.2 Å². The summed E-state index contributed by atoms with van der Waals surface area (Å²) in [6.45, 7) is 1.73. The summed E-state index contributed by atoms with van der Waals surface area (Å²) in [7, 11) is 0. The monoisotopic (exact) mass is 218 g/mol. The van der Waals surface area contributed by atoms with Crippen LogP contribution in [0.15, 0.2) is 30.3 Å². The highest BCUT2D eigenvalue weighted by Crippen LogP contribution is 2.21. The van der Waals surface area contributed by atoms with Gasteiger partial charge in [0, 0.05) is 5.69 Å². The quantitative estimate of drug-likeness (QED) is 0.802. The first kappa shape index (κ1) is 10.2. The summed E-state index contributed by atoms with van der Waals surface area (Å²) < 4.78 is 1.40. The van der Waals surface area contributed by atoms with E-state index in [4.69, 9.17) is 5.11 Å². The smallest absolute Gasteiger partial charge is 0.356 e. The predicted molar refractivity (Wildman–Crippen MR) is 56.9 cm³/mol. The SMILES string of the molecule is Cc1cc(C(=O)O)nn1-c1ccccc1O. The second kappa shape index (κ2) is 3.69. The molecular weight excluding hydrogens is 208 g/mol. The number of carboxylic acids is 1. The Bertz CT molecular complexity index is 546. The van der Waals surface area contributed by atoms with Crippen molar-refractivity contribution in [2.45, 2.75) is 6.92 Å². The molecule has 5 heteroatoms. The molecule has 0 bridgehead atoms. The Morgan fingerprint density at radius 2 is 2.06 bits per heavy atom. The van der Waals surface area contributed by atoms with Gasteiger partial charge in [-0.25, -0.2) is 9.48 Å². The number of phenols is 1. The summed E-state index contributed by atoms with van der Waals surface area (Å²) in [6, 6.07) is 8.08. The Morgan fingerprint density at radius 1 is 1.38 bits per heavy atom. The van der Waals surface area contributed by atoms with Crippen molar-refractivity contribution in [3.05, 3.63) is 41.7 Å². The standard InChI is InChI=1S/C11H10N2O3/c1-7-6-8(11(15)16)12-13(7)9-4-2-3-5-10(9)14/h2-6,14H,1H3,(H,15,16). The number of nitrogens with zero attached hydrogens (tertiary/aromatic N) is 2. The van der Waals surface area contributed by atoms with Gasteiger partial charge >= 0.3 is 5.97 Å². The lowest BCUT2D eigenvalue weighted by Gasteiger charge is -2.05. The molecule has 0 fully saturated rings. The zero-order valence-corrected chi connectivity index (χ0v) is 8.58. The first-order valence-electron chi connectivity index (χ1n) is 4.68. The fraction of sp³-hybridized carbons (Fsp3) is 0.0909. The molecule has 1 aromatic heterocycles. The molecular formula is C11H10N2O3. The minimum Gasteiger partial charge on any atom is -0.506 e. The molecule has 5 nitrogen and oxygen atoms in total. The maximum Gasteiger partial charge on any atom is 0.356 e. The number of aryl methyl sites for hydroxylation is 1. The van der Waals surface area contributed by atoms with Crippen LogP contribution < -0.4 is 0 Å². The molecule has 0 aliphatic rings. The fourth-order valence-corrected chi connectivity index (χ4v) is 1.47. The van der Waals surface area contributed by atoms with E-state index in [1.54, 1.807) is 25.1 Å². The third kappa shape index (κ3) is 1.63. The van der Waals surface area contributed by atoms with Gasteiger partial charge in [-0.05, 0) is 25.1 Å². The molecule has 1 aromatic carbocycles. The number of para-hydroxylation sites is 2. The molecule has 0 unspecified atom stereocenters. The second-order valence-corrected chi connectivity index (χ2v) is 3.38. The summed E-state index contributed by atoms with van der Waals surface area (Å²) in [6.07, 6.45) is 0. The van der Waals surface area contributed by atoms with E-state index >= 15 is 0 Å². The third-order valence-corrected chi connectivity index (χ3v) is 2.22. The van der Waals surface area contributed by atoms with Crippen molar-refractivity contribution in [2.75, 3.05) is 0 Å². The van der Waals surface area contributed by atoms with Crippen LogP contribution in [0.25, 0.3) is 5.69 Å². The van der Waals surface area contributed by atoms with Crippen molar-refractivity contribution < 1.29 is 15.0 Å². The summed E-state index contributed by atoms with van der Waals surface area (Å²) in [4.78, 5) is 10.7. The molecule has 0 radical (unpaired) electrons. The Kier molecular flexibility index (Phi) is 2.36. The number of carboxylic acid groups (broad SMARTS) is 1. The van der Waals surface area contributed by atoms with Crippen LogP contribution in [0, 0.1) is 6.92 Å². The first-order valence-corrected chi connectivity index (χ1v) is 4.68. The molecule has 2 N–H and O–H groups in total. The molecule has 1 heterocycles. The average Bonchev–Trinajstić information content (AvgIpc) is 2.61. The number of phenolic OH excluding ortho intramolecular Hbond substituents is 1. The number of aromatic carboxylic acids is 1. The summed E-state index contributed by atoms with van der Waals surface area (Å²) >= 11 is 0. The van der Waals surface area contributed by atoms with Crippen LogP contribution >= 0.6 is 0 Å². The number of hydrogen-bond acceptors (Lipinski definition) is 3. The van der Waals surface area contributed by atoms with E-state index in [1.807, 2.05) is 0 Å². The summed E-state index contributed by atoms with van der Waals surface area (Å²) in [5.41, 5.74) is 1.08. The Balaban J connectivity index is 2.57. The highest BCUT2D eigenvalue weighted by atomic mass is 16.4. The maximum atomic E-state index is 10.7. The van der Waals surface area contributed by atoms with Crippen molar-refractivity contribution >= 4 is 5.97 Å². The molecule has 0 aliphatic heterocycles. The van der Waals surface area contributed by atoms with Crippen LogP contribution in [0.4, 0.5) is 0 Å². The Morgan fingerprint density at radius 3 is 2.62 bits per heavy atom. The normalized spacial score (nSPS) is 10.3. The zero-order chi connectivity index (χ0) is 11.7. The first-order chi connectivity index (χ1) is 7.59. The number of aromatic hydroxyl groups is 1. The largest absolute Gasteiger partial charge is 0.506 e. The van der Waals surface area contributed by atoms with Crippen molar-refractivity contribution in [2.24, 2.45) is 0 Å². The number of hydrogen-bond donors (Lipinski definition) is 2. The van der Waals surface area contributed by atoms with Crippen LogP contribution in [-0.2, 0) is 0 Å². The highest BCUT2D eigenvalue weighted by Gasteiger charge is 2.13. The number of rotatable bonds is 2. The van der Waals surface area contributed by atoms with Gasteiger partial charge in [-0.3, -0.25) is 0 Å². The number of aromatic nitrogens is 2. The molecule has 16 heavy (non-hydrogen) atoms. The van der Waals surface area contributed by atoms with Crippen LogP contribution in [0.2, 0.25) is 0 Å². The van der Waals surface area contributed by atoms with Gasteiger partial charge in [0.25, 0.3) is 0 Å². The number of benzene rings is 1. The third-order valence-electron chi connectivity index (χ3n) is 2.22. The van der Waals surface area contributed by atoms with Gasteiger partial charge in [-0.1, -0.05) is 12.1 Å². The van der Waals surface area contributed by atoms with Crippen LogP contribution in [0.5, 0.6) is 5.75 Å². The molecule has 2 aromatic rings. The van der Waals surface area contributed by atoms with E-state index in [0.29, 0.717) is 11.4 Å². The predicted octanol–water partition coefficient (Wildman–Crippen LogP) is 1.58. The molecule has 0 spiro atoms. The fourth-order valence-electron chi connectivity index (χ4n) is 1.47. The lowest BCUT2D eigenvalue weighted by molar-refractivity contribution is 0.0690. The van der Waals surface area contributed by atoms with Gasteiger partial charge in [0.1, 0.15) is 11.4 Å². The lowest BCUT2D eigenvalue weighted by Crippen LogP contribution is -2.02.